The molecule has 0 bridgehead atoms. The molecule has 4 heteroatoms. The fourth-order valence-corrected chi connectivity index (χ4v) is 2.36. The number of nitrogens with zero attached hydrogens (tertiary/aromatic N) is 2. The second-order valence-electron chi connectivity index (χ2n) is 4.78. The zero-order valence-electron chi connectivity index (χ0n) is 10.1. The number of carboxylic acids is 1. The SMILES string of the molecule is Cc1cncc(CN2CCCC(C(=O)O)C2)c1. The van der Waals surface area contributed by atoms with Crippen molar-refractivity contribution in [2.75, 3.05) is 13.1 Å². The maximum atomic E-state index is 11.0. The van der Waals surface area contributed by atoms with Crippen LogP contribution in [0.25, 0.3) is 0 Å². The molecule has 0 spiro atoms. The standard InChI is InChI=1S/C13H18N2O2/c1-10-5-11(7-14-6-10)8-15-4-2-3-12(9-15)13(16)17/h5-7,12H,2-4,8-9H2,1H3,(H,16,17). The number of hydrogen-bond donors (Lipinski definition) is 1. The number of aryl methyl sites for hydroxylation is 1. The molecule has 0 saturated carbocycles. The van der Waals surface area contributed by atoms with Crippen LogP contribution in [0.15, 0.2) is 18.5 Å². The maximum Gasteiger partial charge on any atom is 0.307 e. The van der Waals surface area contributed by atoms with Crippen molar-refractivity contribution in [2.24, 2.45) is 5.92 Å². The molecule has 17 heavy (non-hydrogen) atoms. The van der Waals surface area contributed by atoms with Gasteiger partial charge in [0.2, 0.25) is 0 Å². The van der Waals surface area contributed by atoms with Gasteiger partial charge in [0.1, 0.15) is 0 Å². The van der Waals surface area contributed by atoms with E-state index in [0.29, 0.717) is 6.54 Å². The summed E-state index contributed by atoms with van der Waals surface area (Å²) in [5, 5.41) is 9.03. The lowest BCUT2D eigenvalue weighted by Gasteiger charge is -2.30. The Morgan fingerprint density at radius 3 is 3.12 bits per heavy atom. The molecule has 1 aliphatic rings. The molecule has 1 aromatic heterocycles. The van der Waals surface area contributed by atoms with Gasteiger partial charge in [0.05, 0.1) is 5.92 Å². The molecule has 1 saturated heterocycles. The largest absolute Gasteiger partial charge is 0.481 e. The van der Waals surface area contributed by atoms with Gasteiger partial charge in [-0.1, -0.05) is 6.07 Å². The lowest BCUT2D eigenvalue weighted by molar-refractivity contribution is -0.143. The van der Waals surface area contributed by atoms with E-state index in [1.54, 1.807) is 0 Å². The van der Waals surface area contributed by atoms with Gasteiger partial charge in [-0.2, -0.15) is 0 Å². The fraction of sp³-hybridized carbons (Fsp3) is 0.538. The minimum atomic E-state index is -0.669. The van der Waals surface area contributed by atoms with Gasteiger partial charge in [-0.15, -0.1) is 0 Å². The molecule has 0 aromatic carbocycles. The number of hydrogen-bond acceptors (Lipinski definition) is 3. The van der Waals surface area contributed by atoms with Crippen molar-refractivity contribution in [3.63, 3.8) is 0 Å². The van der Waals surface area contributed by atoms with Crippen LogP contribution in [-0.2, 0) is 11.3 Å². The zero-order valence-corrected chi connectivity index (χ0v) is 10.1. The zero-order chi connectivity index (χ0) is 12.3. The summed E-state index contributed by atoms with van der Waals surface area (Å²) in [6.07, 6.45) is 5.46. The summed E-state index contributed by atoms with van der Waals surface area (Å²) >= 11 is 0. The molecule has 1 aromatic rings. The average molecular weight is 234 g/mol. The first kappa shape index (κ1) is 12.0. The molecule has 2 heterocycles. The minimum Gasteiger partial charge on any atom is -0.481 e. The van der Waals surface area contributed by atoms with Crippen LogP contribution in [-0.4, -0.2) is 34.0 Å². The van der Waals surface area contributed by atoms with E-state index in [9.17, 15) is 4.79 Å². The number of aromatic nitrogens is 1. The highest BCUT2D eigenvalue weighted by Crippen LogP contribution is 2.18. The van der Waals surface area contributed by atoms with Crippen molar-refractivity contribution < 1.29 is 9.90 Å². The van der Waals surface area contributed by atoms with Crippen molar-refractivity contribution in [2.45, 2.75) is 26.3 Å². The van der Waals surface area contributed by atoms with Crippen LogP contribution >= 0.6 is 0 Å². The Kier molecular flexibility index (Phi) is 3.74. The van der Waals surface area contributed by atoms with Gasteiger partial charge in [-0.05, 0) is 37.4 Å². The Balaban J connectivity index is 1.97. The summed E-state index contributed by atoms with van der Waals surface area (Å²) in [7, 11) is 0. The molecule has 4 nitrogen and oxygen atoms in total. The van der Waals surface area contributed by atoms with Crippen LogP contribution in [0.1, 0.15) is 24.0 Å². The topological polar surface area (TPSA) is 53.4 Å². The number of piperidine rings is 1. The van der Waals surface area contributed by atoms with Gasteiger partial charge in [0.15, 0.2) is 0 Å². The Morgan fingerprint density at radius 2 is 2.41 bits per heavy atom. The highest BCUT2D eigenvalue weighted by molar-refractivity contribution is 5.70. The van der Waals surface area contributed by atoms with Gasteiger partial charge >= 0.3 is 5.97 Å². The first-order valence-electron chi connectivity index (χ1n) is 6.01. The van der Waals surface area contributed by atoms with Gasteiger partial charge in [-0.3, -0.25) is 14.7 Å². The summed E-state index contributed by atoms with van der Waals surface area (Å²) in [5.41, 5.74) is 2.31. The number of rotatable bonds is 3. The van der Waals surface area contributed by atoms with E-state index >= 15 is 0 Å². The van der Waals surface area contributed by atoms with Gasteiger partial charge in [-0.25, -0.2) is 0 Å². The number of likely N-dealkylation sites (tertiary alicyclic amines) is 1. The van der Waals surface area contributed by atoms with Crippen molar-refractivity contribution in [1.29, 1.82) is 0 Å². The van der Waals surface area contributed by atoms with E-state index in [2.05, 4.69) is 16.0 Å². The minimum absolute atomic E-state index is 0.207. The predicted molar refractivity (Wildman–Crippen MR) is 64.6 cm³/mol. The summed E-state index contributed by atoms with van der Waals surface area (Å²) in [5.74, 6) is -0.876. The van der Waals surface area contributed by atoms with Crippen LogP contribution in [0.5, 0.6) is 0 Å². The number of pyridine rings is 1. The second-order valence-corrected chi connectivity index (χ2v) is 4.78. The summed E-state index contributed by atoms with van der Waals surface area (Å²) in [6.45, 7) is 4.46. The van der Waals surface area contributed by atoms with Crippen molar-refractivity contribution in [3.05, 3.63) is 29.6 Å². The first-order valence-corrected chi connectivity index (χ1v) is 6.01. The third-order valence-corrected chi connectivity index (χ3v) is 3.19. The summed E-state index contributed by atoms with van der Waals surface area (Å²) < 4.78 is 0. The molecular weight excluding hydrogens is 216 g/mol. The normalized spacial score (nSPS) is 21.4. The smallest absolute Gasteiger partial charge is 0.307 e. The first-order chi connectivity index (χ1) is 8.15. The summed E-state index contributed by atoms with van der Waals surface area (Å²) in [6, 6.07) is 2.11. The highest BCUT2D eigenvalue weighted by Gasteiger charge is 2.25. The van der Waals surface area contributed by atoms with Crippen LogP contribution < -0.4 is 0 Å². The second kappa shape index (κ2) is 5.27. The lowest BCUT2D eigenvalue weighted by Crippen LogP contribution is -2.38. The molecule has 1 aliphatic heterocycles. The van der Waals surface area contributed by atoms with Gasteiger partial charge in [0.25, 0.3) is 0 Å². The van der Waals surface area contributed by atoms with Crippen LogP contribution in [0.3, 0.4) is 0 Å². The average Bonchev–Trinajstić information content (AvgIpc) is 2.29. The third-order valence-electron chi connectivity index (χ3n) is 3.19. The Hall–Kier alpha value is -1.42. The molecule has 1 atom stereocenters. The molecule has 1 unspecified atom stereocenters. The van der Waals surface area contributed by atoms with E-state index in [4.69, 9.17) is 5.11 Å². The molecule has 0 amide bonds. The van der Waals surface area contributed by atoms with Crippen LogP contribution in [0, 0.1) is 12.8 Å². The van der Waals surface area contributed by atoms with Crippen molar-refractivity contribution >= 4 is 5.97 Å². The van der Waals surface area contributed by atoms with E-state index in [-0.39, 0.29) is 5.92 Å². The quantitative estimate of drug-likeness (QED) is 0.864. The highest BCUT2D eigenvalue weighted by atomic mass is 16.4. The van der Waals surface area contributed by atoms with E-state index in [0.717, 1.165) is 37.1 Å². The van der Waals surface area contributed by atoms with Crippen molar-refractivity contribution in [1.82, 2.24) is 9.88 Å². The molecule has 1 fully saturated rings. The Labute approximate surface area is 101 Å². The molecular formula is C13H18N2O2. The number of carbonyl (C=O) groups is 1. The third kappa shape index (κ3) is 3.27. The molecule has 2 rings (SSSR count). The number of carboxylic acid groups (broad SMARTS) is 1. The van der Waals surface area contributed by atoms with Gasteiger partial charge < -0.3 is 5.11 Å². The Morgan fingerprint density at radius 1 is 1.59 bits per heavy atom. The van der Waals surface area contributed by atoms with Crippen LogP contribution in [0.2, 0.25) is 0 Å². The number of aliphatic carboxylic acids is 1. The van der Waals surface area contributed by atoms with Gasteiger partial charge in [0, 0.05) is 25.5 Å². The lowest BCUT2D eigenvalue weighted by atomic mass is 9.98. The van der Waals surface area contributed by atoms with Crippen LogP contribution in [0.4, 0.5) is 0 Å². The van der Waals surface area contributed by atoms with E-state index in [1.165, 1.54) is 0 Å². The molecule has 92 valence electrons. The predicted octanol–water partition coefficient (Wildman–Crippen LogP) is 1.69. The maximum absolute atomic E-state index is 11.0. The van der Waals surface area contributed by atoms with Crippen molar-refractivity contribution in [3.8, 4) is 0 Å². The molecule has 0 radical (unpaired) electrons. The fourth-order valence-electron chi connectivity index (χ4n) is 2.36. The Bertz CT molecular complexity index is 406. The van der Waals surface area contributed by atoms with E-state index in [1.807, 2.05) is 19.3 Å². The molecule has 0 aliphatic carbocycles. The monoisotopic (exact) mass is 234 g/mol. The van der Waals surface area contributed by atoms with E-state index < -0.39 is 5.97 Å². The summed E-state index contributed by atoms with van der Waals surface area (Å²) in [4.78, 5) is 17.3. The molecule has 1 N–H and O–H groups in total.